The third kappa shape index (κ3) is 8.97. The van der Waals surface area contributed by atoms with Crippen LogP contribution in [0.5, 0.6) is 0 Å². The van der Waals surface area contributed by atoms with Gasteiger partial charge in [-0.3, -0.25) is 10.2 Å². The first-order valence-corrected chi connectivity index (χ1v) is 6.08. The number of amides is 4. The van der Waals surface area contributed by atoms with Crippen molar-refractivity contribution in [3.63, 3.8) is 0 Å². The van der Waals surface area contributed by atoms with Crippen LogP contribution in [0.25, 0.3) is 0 Å². The summed E-state index contributed by atoms with van der Waals surface area (Å²) in [6.45, 7) is 5.42. The summed E-state index contributed by atoms with van der Waals surface area (Å²) in [7, 11) is 3.26. The number of urea groups is 2. The van der Waals surface area contributed by atoms with E-state index < -0.39 is 17.5 Å². The average molecular weight is 289 g/mol. The molecule has 0 aliphatic heterocycles. The highest BCUT2D eigenvalue weighted by molar-refractivity contribution is 5.79. The minimum absolute atomic E-state index is 0.0629. The number of nitrogens with zero attached hydrogens (tertiary/aromatic N) is 1. The molecule has 9 heteroatoms. The second-order valence-electron chi connectivity index (χ2n) is 5.23. The maximum atomic E-state index is 11.4. The zero-order valence-corrected chi connectivity index (χ0v) is 12.5. The summed E-state index contributed by atoms with van der Waals surface area (Å²) in [5, 5.41) is 3.83. The number of carbonyl (C=O) groups excluding carboxylic acids is 3. The molecule has 0 atom stereocenters. The molecule has 0 aliphatic rings. The molecule has 0 aromatic rings. The van der Waals surface area contributed by atoms with E-state index in [9.17, 15) is 14.4 Å². The van der Waals surface area contributed by atoms with Crippen LogP contribution in [0.3, 0.4) is 0 Å². The van der Waals surface area contributed by atoms with Crippen LogP contribution in [0.4, 0.5) is 9.59 Å². The van der Waals surface area contributed by atoms with E-state index in [0.29, 0.717) is 0 Å². The Hall–Kier alpha value is -2.03. The van der Waals surface area contributed by atoms with Gasteiger partial charge < -0.3 is 10.1 Å². The zero-order valence-electron chi connectivity index (χ0n) is 12.5. The van der Waals surface area contributed by atoms with Crippen molar-refractivity contribution in [2.24, 2.45) is 5.41 Å². The maximum absolute atomic E-state index is 11.4. The molecule has 4 N–H and O–H groups in total. The van der Waals surface area contributed by atoms with Gasteiger partial charge in [-0.15, -0.1) is 0 Å². The van der Waals surface area contributed by atoms with E-state index in [4.69, 9.17) is 4.74 Å². The normalized spacial score (nSPS) is 10.7. The van der Waals surface area contributed by atoms with Gasteiger partial charge in [-0.05, 0) is 20.8 Å². The number of hydrazine groups is 2. The number of hydrogen-bond donors (Lipinski definition) is 4. The highest BCUT2D eigenvalue weighted by atomic mass is 16.5. The lowest BCUT2D eigenvalue weighted by Crippen LogP contribution is -2.53. The van der Waals surface area contributed by atoms with Crippen molar-refractivity contribution in [3.8, 4) is 0 Å². The van der Waals surface area contributed by atoms with Gasteiger partial charge in [0.25, 0.3) is 0 Å². The Kier molecular flexibility index (Phi) is 7.37. The van der Waals surface area contributed by atoms with Crippen LogP contribution >= 0.6 is 0 Å². The molecule has 0 aliphatic carbocycles. The molecule has 0 heterocycles. The van der Waals surface area contributed by atoms with Crippen molar-refractivity contribution in [2.45, 2.75) is 20.8 Å². The van der Waals surface area contributed by atoms with E-state index in [-0.39, 0.29) is 19.1 Å². The Morgan fingerprint density at radius 3 is 2.10 bits per heavy atom. The molecule has 0 unspecified atom stereocenters. The lowest BCUT2D eigenvalue weighted by atomic mass is 9.97. The van der Waals surface area contributed by atoms with E-state index in [1.807, 2.05) is 0 Å². The van der Waals surface area contributed by atoms with E-state index in [1.165, 1.54) is 5.01 Å². The smallest absolute Gasteiger partial charge is 0.348 e. The van der Waals surface area contributed by atoms with Gasteiger partial charge >= 0.3 is 18.0 Å². The Balaban J connectivity index is 3.70. The standard InChI is InChI=1S/C11H23N5O4/c1-11(2,3)8(17)20-7-6-12-9(18)13-14-10(19)15-16(4)5/h6-7H2,1-5H3,(H2,12,13,18)(H2,14,15,19). The fraction of sp³-hybridized carbons (Fsp3) is 0.727. The van der Waals surface area contributed by atoms with E-state index in [1.54, 1.807) is 34.9 Å². The lowest BCUT2D eigenvalue weighted by molar-refractivity contribution is -0.152. The molecule has 0 spiro atoms. The molecule has 9 nitrogen and oxygen atoms in total. The monoisotopic (exact) mass is 289 g/mol. The Bertz CT molecular complexity index is 351. The molecule has 0 rings (SSSR count). The van der Waals surface area contributed by atoms with Crippen LogP contribution < -0.4 is 21.6 Å². The summed E-state index contributed by atoms with van der Waals surface area (Å²) in [5.74, 6) is -0.344. The third-order valence-corrected chi connectivity index (χ3v) is 1.85. The second kappa shape index (κ2) is 8.20. The highest BCUT2D eigenvalue weighted by Gasteiger charge is 2.22. The first kappa shape index (κ1) is 18.0. The topological polar surface area (TPSA) is 112 Å². The molecular formula is C11H23N5O4. The van der Waals surface area contributed by atoms with Gasteiger partial charge in [0, 0.05) is 14.1 Å². The van der Waals surface area contributed by atoms with Crippen LogP contribution in [0.15, 0.2) is 0 Å². The Morgan fingerprint density at radius 2 is 1.60 bits per heavy atom. The van der Waals surface area contributed by atoms with Gasteiger partial charge in [-0.25, -0.2) is 25.4 Å². The molecule has 4 amide bonds. The number of hydrogen-bond acceptors (Lipinski definition) is 5. The molecule has 0 saturated carbocycles. The third-order valence-electron chi connectivity index (χ3n) is 1.85. The van der Waals surface area contributed by atoms with E-state index >= 15 is 0 Å². The molecular weight excluding hydrogens is 266 g/mol. The first-order chi connectivity index (χ1) is 9.12. The van der Waals surface area contributed by atoms with Crippen molar-refractivity contribution in [3.05, 3.63) is 0 Å². The summed E-state index contributed by atoms with van der Waals surface area (Å²) in [4.78, 5) is 33.8. The number of carbonyl (C=O) groups is 3. The number of ether oxygens (including phenoxy) is 1. The summed E-state index contributed by atoms with van der Waals surface area (Å²) in [5.41, 5.74) is 6.05. The second-order valence-corrected chi connectivity index (χ2v) is 5.23. The molecule has 116 valence electrons. The quantitative estimate of drug-likeness (QED) is 0.319. The minimum Gasteiger partial charge on any atom is -0.463 e. The van der Waals surface area contributed by atoms with Gasteiger partial charge in [0.05, 0.1) is 12.0 Å². The summed E-state index contributed by atoms with van der Waals surface area (Å²) in [6.07, 6.45) is 0. The Labute approximate surface area is 118 Å². The number of nitrogens with one attached hydrogen (secondary N) is 4. The first-order valence-electron chi connectivity index (χ1n) is 6.08. The summed E-state index contributed by atoms with van der Waals surface area (Å²) >= 11 is 0. The molecule has 0 bridgehead atoms. The van der Waals surface area contributed by atoms with Crippen LogP contribution in [0.1, 0.15) is 20.8 Å². The van der Waals surface area contributed by atoms with Crippen molar-refractivity contribution < 1.29 is 19.1 Å². The van der Waals surface area contributed by atoms with Crippen molar-refractivity contribution in [2.75, 3.05) is 27.2 Å². The average Bonchev–Trinajstić information content (AvgIpc) is 2.29. The predicted octanol–water partition coefficient (Wildman–Crippen LogP) is -0.434. The molecule has 0 saturated heterocycles. The Morgan fingerprint density at radius 1 is 1.05 bits per heavy atom. The highest BCUT2D eigenvalue weighted by Crippen LogP contribution is 2.14. The van der Waals surface area contributed by atoms with E-state index in [0.717, 1.165) is 0 Å². The van der Waals surface area contributed by atoms with Gasteiger partial charge in [0.1, 0.15) is 6.61 Å². The van der Waals surface area contributed by atoms with Gasteiger partial charge in [0.15, 0.2) is 0 Å². The van der Waals surface area contributed by atoms with Crippen molar-refractivity contribution in [1.29, 1.82) is 0 Å². The number of rotatable bonds is 4. The van der Waals surface area contributed by atoms with Crippen LogP contribution in [-0.4, -0.2) is 50.3 Å². The maximum Gasteiger partial charge on any atom is 0.348 e. The molecule has 0 radical (unpaired) electrons. The zero-order chi connectivity index (χ0) is 15.8. The summed E-state index contributed by atoms with van der Waals surface area (Å²) < 4.78 is 4.95. The van der Waals surface area contributed by atoms with Gasteiger partial charge in [0.2, 0.25) is 0 Å². The van der Waals surface area contributed by atoms with Crippen molar-refractivity contribution in [1.82, 2.24) is 26.6 Å². The number of esters is 1. The van der Waals surface area contributed by atoms with Gasteiger partial charge in [-0.1, -0.05) is 0 Å². The fourth-order valence-electron chi connectivity index (χ4n) is 0.914. The van der Waals surface area contributed by atoms with Crippen LogP contribution in [-0.2, 0) is 9.53 Å². The van der Waals surface area contributed by atoms with Crippen LogP contribution in [0.2, 0.25) is 0 Å². The summed E-state index contributed by atoms with van der Waals surface area (Å²) in [6, 6.07) is -1.19. The predicted molar refractivity (Wildman–Crippen MR) is 72.3 cm³/mol. The van der Waals surface area contributed by atoms with Crippen molar-refractivity contribution >= 4 is 18.0 Å². The SMILES string of the molecule is CN(C)NC(=O)NNC(=O)NCCOC(=O)C(C)(C)C. The van der Waals surface area contributed by atoms with Crippen LogP contribution in [0, 0.1) is 5.41 Å². The molecule has 20 heavy (non-hydrogen) atoms. The molecule has 0 aromatic heterocycles. The van der Waals surface area contributed by atoms with E-state index in [2.05, 4.69) is 21.6 Å². The minimum atomic E-state index is -0.606. The molecule has 0 fully saturated rings. The van der Waals surface area contributed by atoms with Gasteiger partial charge in [-0.2, -0.15) is 0 Å². The molecule has 0 aromatic carbocycles. The largest absolute Gasteiger partial charge is 0.463 e. The fourth-order valence-corrected chi connectivity index (χ4v) is 0.914. The lowest BCUT2D eigenvalue weighted by Gasteiger charge is -2.17.